The number of hydrogen-bond donors (Lipinski definition) is 1. The average molecular weight is 418 g/mol. The maximum absolute atomic E-state index is 12.4. The van der Waals surface area contributed by atoms with Crippen molar-refractivity contribution in [1.29, 1.82) is 0 Å². The number of morpholine rings is 1. The van der Waals surface area contributed by atoms with E-state index in [1.807, 2.05) is 43.3 Å². The van der Waals surface area contributed by atoms with Crippen molar-refractivity contribution in [2.45, 2.75) is 13.5 Å². The van der Waals surface area contributed by atoms with Gasteiger partial charge in [0.05, 0.1) is 25.2 Å². The summed E-state index contributed by atoms with van der Waals surface area (Å²) < 4.78 is 30.8. The normalized spacial score (nSPS) is 14.5. The Morgan fingerprint density at radius 1 is 1.07 bits per heavy atom. The van der Waals surface area contributed by atoms with E-state index in [0.717, 1.165) is 53.7 Å². The number of aryl methyl sites for hydroxylation is 1. The van der Waals surface area contributed by atoms with Gasteiger partial charge < -0.3 is 15.0 Å². The molecule has 2 aromatic rings. The van der Waals surface area contributed by atoms with E-state index in [1.54, 1.807) is 12.1 Å². The second kappa shape index (κ2) is 9.28. The van der Waals surface area contributed by atoms with Crippen LogP contribution in [0.25, 0.3) is 0 Å². The van der Waals surface area contributed by atoms with Crippen LogP contribution in [0, 0.1) is 6.92 Å². The molecule has 1 fully saturated rings. The van der Waals surface area contributed by atoms with Crippen molar-refractivity contribution in [3.8, 4) is 0 Å². The van der Waals surface area contributed by atoms with Crippen molar-refractivity contribution in [3.63, 3.8) is 0 Å². The van der Waals surface area contributed by atoms with Crippen LogP contribution in [-0.2, 0) is 26.1 Å². The molecule has 1 heterocycles. The molecule has 0 radical (unpaired) electrons. The first-order chi connectivity index (χ1) is 13.8. The minimum Gasteiger partial charge on any atom is -0.378 e. The van der Waals surface area contributed by atoms with Gasteiger partial charge in [0.1, 0.15) is 6.54 Å². The van der Waals surface area contributed by atoms with Gasteiger partial charge in [0.25, 0.3) is 0 Å². The number of carbonyl (C=O) groups is 1. The Morgan fingerprint density at radius 2 is 1.69 bits per heavy atom. The van der Waals surface area contributed by atoms with Crippen LogP contribution < -0.4 is 14.5 Å². The summed E-state index contributed by atoms with van der Waals surface area (Å²) in [5.41, 5.74) is 3.58. The zero-order chi connectivity index (χ0) is 20.9. The van der Waals surface area contributed by atoms with E-state index >= 15 is 0 Å². The summed E-state index contributed by atoms with van der Waals surface area (Å²) >= 11 is 0. The maximum atomic E-state index is 12.4. The minimum atomic E-state index is -3.57. The molecule has 156 valence electrons. The molecule has 8 heteroatoms. The predicted octanol–water partition coefficient (Wildman–Crippen LogP) is 1.91. The van der Waals surface area contributed by atoms with E-state index in [9.17, 15) is 13.2 Å². The van der Waals surface area contributed by atoms with Crippen LogP contribution in [0.15, 0.2) is 48.5 Å². The molecule has 0 spiro atoms. The largest absolute Gasteiger partial charge is 0.378 e. The molecule has 0 saturated carbocycles. The molecule has 1 amide bonds. The first-order valence-electron chi connectivity index (χ1n) is 9.55. The zero-order valence-corrected chi connectivity index (χ0v) is 17.6. The number of rotatable bonds is 7. The van der Waals surface area contributed by atoms with Crippen molar-refractivity contribution < 1.29 is 17.9 Å². The third-order valence-electron chi connectivity index (χ3n) is 4.81. The van der Waals surface area contributed by atoms with E-state index in [4.69, 9.17) is 4.74 Å². The fourth-order valence-corrected chi connectivity index (χ4v) is 4.00. The van der Waals surface area contributed by atoms with Crippen LogP contribution in [-0.4, -0.2) is 53.4 Å². The lowest BCUT2D eigenvalue weighted by Crippen LogP contribution is -2.40. The van der Waals surface area contributed by atoms with E-state index < -0.39 is 10.0 Å². The third kappa shape index (κ3) is 5.95. The standard InChI is InChI=1S/C21H27N3O4S/c1-17-3-7-20(8-4-17)24(29(2,26)27)16-21(25)22-15-18-5-9-19(10-6-18)23-11-13-28-14-12-23/h3-10H,11-16H2,1-2H3,(H,22,25). The van der Waals surface area contributed by atoms with Gasteiger partial charge in [-0.05, 0) is 36.8 Å². The highest BCUT2D eigenvalue weighted by Crippen LogP contribution is 2.18. The monoisotopic (exact) mass is 417 g/mol. The molecule has 0 unspecified atom stereocenters. The zero-order valence-electron chi connectivity index (χ0n) is 16.8. The molecule has 0 aliphatic carbocycles. The van der Waals surface area contributed by atoms with E-state index in [-0.39, 0.29) is 12.5 Å². The third-order valence-corrected chi connectivity index (χ3v) is 5.95. The van der Waals surface area contributed by atoms with Crippen molar-refractivity contribution in [2.24, 2.45) is 0 Å². The molecular weight excluding hydrogens is 390 g/mol. The molecule has 0 aromatic heterocycles. The molecular formula is C21H27N3O4S. The van der Waals surface area contributed by atoms with Crippen molar-refractivity contribution in [1.82, 2.24) is 5.32 Å². The molecule has 0 bridgehead atoms. The van der Waals surface area contributed by atoms with Gasteiger partial charge in [-0.1, -0.05) is 29.8 Å². The van der Waals surface area contributed by atoms with Crippen LogP contribution >= 0.6 is 0 Å². The lowest BCUT2D eigenvalue weighted by molar-refractivity contribution is -0.119. The van der Waals surface area contributed by atoms with E-state index in [2.05, 4.69) is 10.2 Å². The van der Waals surface area contributed by atoms with E-state index in [0.29, 0.717) is 12.2 Å². The molecule has 29 heavy (non-hydrogen) atoms. The highest BCUT2D eigenvalue weighted by Gasteiger charge is 2.20. The van der Waals surface area contributed by atoms with Crippen LogP contribution in [0.5, 0.6) is 0 Å². The van der Waals surface area contributed by atoms with Crippen molar-refractivity contribution in [3.05, 3.63) is 59.7 Å². The van der Waals surface area contributed by atoms with Gasteiger partial charge in [-0.2, -0.15) is 0 Å². The van der Waals surface area contributed by atoms with Gasteiger partial charge in [-0.25, -0.2) is 8.42 Å². The molecule has 1 saturated heterocycles. The Morgan fingerprint density at radius 3 is 2.28 bits per heavy atom. The van der Waals surface area contributed by atoms with Crippen LogP contribution in [0.3, 0.4) is 0 Å². The summed E-state index contributed by atoms with van der Waals surface area (Å²) in [6.07, 6.45) is 1.10. The van der Waals surface area contributed by atoms with Gasteiger partial charge >= 0.3 is 0 Å². The van der Waals surface area contributed by atoms with Crippen molar-refractivity contribution >= 4 is 27.3 Å². The van der Waals surface area contributed by atoms with Gasteiger partial charge in [0.2, 0.25) is 15.9 Å². The number of hydrogen-bond acceptors (Lipinski definition) is 5. The second-order valence-corrected chi connectivity index (χ2v) is 9.05. The number of ether oxygens (including phenoxy) is 1. The van der Waals surface area contributed by atoms with E-state index in [1.165, 1.54) is 0 Å². The SMILES string of the molecule is Cc1ccc(N(CC(=O)NCc2ccc(N3CCOCC3)cc2)S(C)(=O)=O)cc1. The lowest BCUT2D eigenvalue weighted by Gasteiger charge is -2.29. The van der Waals surface area contributed by atoms with Gasteiger partial charge in [0.15, 0.2) is 0 Å². The first kappa shape index (κ1) is 21.1. The number of carbonyl (C=O) groups excluding carboxylic acids is 1. The summed E-state index contributed by atoms with van der Waals surface area (Å²) in [6.45, 7) is 5.21. The molecule has 3 rings (SSSR count). The molecule has 0 atom stereocenters. The van der Waals surface area contributed by atoms with Gasteiger partial charge in [0, 0.05) is 25.3 Å². The number of anilines is 2. The first-order valence-corrected chi connectivity index (χ1v) is 11.4. The molecule has 2 aromatic carbocycles. The number of nitrogens with one attached hydrogen (secondary N) is 1. The number of sulfonamides is 1. The minimum absolute atomic E-state index is 0.256. The summed E-state index contributed by atoms with van der Waals surface area (Å²) in [5.74, 6) is -0.353. The Hall–Kier alpha value is -2.58. The quantitative estimate of drug-likeness (QED) is 0.745. The maximum Gasteiger partial charge on any atom is 0.241 e. The van der Waals surface area contributed by atoms with Crippen LogP contribution in [0.2, 0.25) is 0 Å². The highest BCUT2D eigenvalue weighted by molar-refractivity contribution is 7.92. The van der Waals surface area contributed by atoms with Crippen LogP contribution in [0.1, 0.15) is 11.1 Å². The Kier molecular flexibility index (Phi) is 6.76. The predicted molar refractivity (Wildman–Crippen MR) is 115 cm³/mol. The molecule has 1 aliphatic heterocycles. The van der Waals surface area contributed by atoms with Crippen molar-refractivity contribution in [2.75, 3.05) is 48.3 Å². The fraction of sp³-hybridized carbons (Fsp3) is 0.381. The molecule has 1 N–H and O–H groups in total. The van der Waals surface area contributed by atoms with Gasteiger partial charge in [-0.3, -0.25) is 9.10 Å². The van der Waals surface area contributed by atoms with Gasteiger partial charge in [-0.15, -0.1) is 0 Å². The Labute approximate surface area is 172 Å². The number of amides is 1. The number of benzene rings is 2. The van der Waals surface area contributed by atoms with Crippen LogP contribution in [0.4, 0.5) is 11.4 Å². The molecule has 1 aliphatic rings. The summed E-state index contributed by atoms with van der Waals surface area (Å²) in [7, 11) is -3.57. The highest BCUT2D eigenvalue weighted by atomic mass is 32.2. The Bertz CT molecular complexity index is 921. The fourth-order valence-electron chi connectivity index (χ4n) is 3.14. The lowest BCUT2D eigenvalue weighted by atomic mass is 10.2. The topological polar surface area (TPSA) is 79.0 Å². The second-order valence-electron chi connectivity index (χ2n) is 7.15. The summed E-state index contributed by atoms with van der Waals surface area (Å²) in [5, 5.41) is 2.80. The summed E-state index contributed by atoms with van der Waals surface area (Å²) in [6, 6.07) is 15.0. The Balaban J connectivity index is 1.58. The number of nitrogens with zero attached hydrogens (tertiary/aromatic N) is 2. The smallest absolute Gasteiger partial charge is 0.241 e. The average Bonchev–Trinajstić information content (AvgIpc) is 2.71. The summed E-state index contributed by atoms with van der Waals surface area (Å²) in [4.78, 5) is 14.6. The molecule has 7 nitrogen and oxygen atoms in total.